The first kappa shape index (κ1) is 24.6. The molecule has 1 heterocycles. The molecule has 0 aromatic heterocycles. The maximum Gasteiger partial charge on any atom is 0.338 e. The van der Waals surface area contributed by atoms with Crippen molar-refractivity contribution in [2.24, 2.45) is 0 Å². The van der Waals surface area contributed by atoms with Gasteiger partial charge in [0.1, 0.15) is 5.82 Å². The highest BCUT2D eigenvalue weighted by Gasteiger charge is 2.32. The normalized spacial score (nSPS) is 15.2. The third kappa shape index (κ3) is 6.03. The Balaban J connectivity index is 1.79. The summed E-state index contributed by atoms with van der Waals surface area (Å²) in [6.07, 6.45) is 0. The lowest BCUT2D eigenvalue weighted by atomic mass is 9.95. The second-order valence-corrected chi connectivity index (χ2v) is 7.27. The zero-order valence-corrected chi connectivity index (χ0v) is 19.1. The second kappa shape index (κ2) is 11.2. The smallest absolute Gasteiger partial charge is 0.338 e. The molecule has 3 rings (SSSR count). The van der Waals surface area contributed by atoms with Crippen LogP contribution in [0.2, 0.25) is 0 Å². The van der Waals surface area contributed by atoms with Crippen LogP contribution in [0.3, 0.4) is 0 Å². The monoisotopic (exact) mass is 471 g/mol. The molecule has 0 radical (unpaired) electrons. The Labute approximate surface area is 196 Å². The molecule has 34 heavy (non-hydrogen) atoms. The summed E-state index contributed by atoms with van der Waals surface area (Å²) < 4.78 is 29.5. The SMILES string of the molecule is CCOC(=O)C1=C(C)NC(=O)NC1c1ccc(OCC(=O)Nc2ccc(F)cc2)c(OCC)c1. The number of carbonyl (C=O) groups excluding carboxylic acids is 3. The van der Waals surface area contributed by atoms with E-state index in [1.165, 1.54) is 24.3 Å². The maximum atomic E-state index is 13.0. The average molecular weight is 471 g/mol. The van der Waals surface area contributed by atoms with Crippen molar-refractivity contribution in [3.8, 4) is 11.5 Å². The van der Waals surface area contributed by atoms with Gasteiger partial charge in [0.2, 0.25) is 0 Å². The summed E-state index contributed by atoms with van der Waals surface area (Å²) >= 11 is 0. The average Bonchev–Trinajstić information content (AvgIpc) is 2.79. The van der Waals surface area contributed by atoms with Gasteiger partial charge in [-0.1, -0.05) is 6.07 Å². The molecule has 10 heteroatoms. The zero-order valence-electron chi connectivity index (χ0n) is 19.1. The van der Waals surface area contributed by atoms with Crippen LogP contribution >= 0.6 is 0 Å². The quantitative estimate of drug-likeness (QED) is 0.483. The van der Waals surface area contributed by atoms with Crippen LogP contribution in [0.5, 0.6) is 11.5 Å². The van der Waals surface area contributed by atoms with E-state index in [-0.39, 0.29) is 18.8 Å². The predicted molar refractivity (Wildman–Crippen MR) is 122 cm³/mol. The number of rotatable bonds is 9. The van der Waals surface area contributed by atoms with Gasteiger partial charge < -0.3 is 30.2 Å². The summed E-state index contributed by atoms with van der Waals surface area (Å²) in [5.41, 5.74) is 1.67. The van der Waals surface area contributed by atoms with Crippen LogP contribution in [0.15, 0.2) is 53.7 Å². The van der Waals surface area contributed by atoms with Crippen molar-refractivity contribution >= 4 is 23.6 Å². The number of hydrogen-bond acceptors (Lipinski definition) is 6. The minimum Gasteiger partial charge on any atom is -0.490 e. The summed E-state index contributed by atoms with van der Waals surface area (Å²) in [7, 11) is 0. The molecule has 1 aliphatic rings. The number of carbonyl (C=O) groups is 3. The van der Waals surface area contributed by atoms with Crippen molar-refractivity contribution in [3.63, 3.8) is 0 Å². The van der Waals surface area contributed by atoms with Crippen LogP contribution in [-0.2, 0) is 14.3 Å². The van der Waals surface area contributed by atoms with Crippen molar-refractivity contribution in [1.29, 1.82) is 0 Å². The lowest BCUT2D eigenvalue weighted by Gasteiger charge is -2.28. The first-order valence-corrected chi connectivity index (χ1v) is 10.7. The summed E-state index contributed by atoms with van der Waals surface area (Å²) in [5, 5.41) is 7.92. The lowest BCUT2D eigenvalue weighted by Crippen LogP contribution is -2.45. The largest absolute Gasteiger partial charge is 0.490 e. The molecular formula is C24H26FN3O6. The highest BCUT2D eigenvalue weighted by atomic mass is 19.1. The molecule has 2 aromatic carbocycles. The Morgan fingerprint density at radius 1 is 1.03 bits per heavy atom. The standard InChI is InChI=1S/C24H26FN3O6/c1-4-32-19-12-15(22-21(23(30)33-5-2)14(3)26-24(31)28-22)6-11-18(19)34-13-20(29)27-17-9-7-16(25)8-10-17/h6-12,22H,4-5,13H2,1-3H3,(H,27,29)(H2,26,28,31). The number of ether oxygens (including phenoxy) is 3. The maximum absolute atomic E-state index is 13.0. The molecule has 3 N–H and O–H groups in total. The Morgan fingerprint density at radius 3 is 2.44 bits per heavy atom. The van der Waals surface area contributed by atoms with E-state index in [0.717, 1.165) is 0 Å². The van der Waals surface area contributed by atoms with Gasteiger partial charge in [-0.15, -0.1) is 0 Å². The fourth-order valence-corrected chi connectivity index (χ4v) is 3.39. The number of hydrogen-bond donors (Lipinski definition) is 3. The first-order chi connectivity index (χ1) is 16.3. The molecule has 9 nitrogen and oxygen atoms in total. The molecule has 0 bridgehead atoms. The van der Waals surface area contributed by atoms with Gasteiger partial charge in [0.25, 0.3) is 5.91 Å². The van der Waals surface area contributed by atoms with E-state index in [0.29, 0.717) is 35.1 Å². The van der Waals surface area contributed by atoms with E-state index < -0.39 is 29.8 Å². The molecule has 0 saturated heterocycles. The first-order valence-electron chi connectivity index (χ1n) is 10.7. The van der Waals surface area contributed by atoms with Crippen LogP contribution < -0.4 is 25.4 Å². The van der Waals surface area contributed by atoms with Gasteiger partial charge >= 0.3 is 12.0 Å². The summed E-state index contributed by atoms with van der Waals surface area (Å²) in [5.74, 6) is -0.751. The molecule has 180 valence electrons. The molecule has 2 aromatic rings. The minimum atomic E-state index is -0.761. The molecule has 1 unspecified atom stereocenters. The number of amides is 3. The van der Waals surface area contributed by atoms with Gasteiger partial charge in [-0.3, -0.25) is 4.79 Å². The fourth-order valence-electron chi connectivity index (χ4n) is 3.39. The Bertz CT molecular complexity index is 1100. The number of nitrogens with one attached hydrogen (secondary N) is 3. The van der Waals surface area contributed by atoms with E-state index in [1.807, 2.05) is 0 Å². The second-order valence-electron chi connectivity index (χ2n) is 7.27. The number of benzene rings is 2. The van der Waals surface area contributed by atoms with Crippen LogP contribution in [0.25, 0.3) is 0 Å². The van der Waals surface area contributed by atoms with Crippen LogP contribution in [0.4, 0.5) is 14.9 Å². The molecule has 1 atom stereocenters. The predicted octanol–water partition coefficient (Wildman–Crippen LogP) is 3.43. The van der Waals surface area contributed by atoms with Crippen molar-refractivity contribution in [2.45, 2.75) is 26.8 Å². The molecule has 3 amide bonds. The van der Waals surface area contributed by atoms with Crippen LogP contribution in [-0.4, -0.2) is 37.7 Å². The van der Waals surface area contributed by atoms with E-state index in [9.17, 15) is 18.8 Å². The van der Waals surface area contributed by atoms with E-state index in [1.54, 1.807) is 39.0 Å². The van der Waals surface area contributed by atoms with E-state index in [4.69, 9.17) is 14.2 Å². The summed E-state index contributed by atoms with van der Waals surface area (Å²) in [6, 6.07) is 9.05. The Kier molecular flexibility index (Phi) is 8.07. The molecule has 1 aliphatic heterocycles. The highest BCUT2D eigenvalue weighted by Crippen LogP contribution is 2.35. The van der Waals surface area contributed by atoms with E-state index >= 15 is 0 Å². The minimum absolute atomic E-state index is 0.188. The number of halogens is 1. The molecular weight excluding hydrogens is 445 g/mol. The van der Waals surface area contributed by atoms with Gasteiger partial charge in [-0.05, 0) is 62.7 Å². The van der Waals surface area contributed by atoms with Gasteiger partial charge in [-0.25, -0.2) is 14.0 Å². The topological polar surface area (TPSA) is 115 Å². The fraction of sp³-hybridized carbons (Fsp3) is 0.292. The molecule has 0 saturated carbocycles. The summed E-state index contributed by atoms with van der Waals surface area (Å²) in [6.45, 7) is 5.31. The zero-order chi connectivity index (χ0) is 24.7. The van der Waals surface area contributed by atoms with Crippen molar-refractivity contribution in [2.75, 3.05) is 25.1 Å². The van der Waals surface area contributed by atoms with Crippen molar-refractivity contribution < 1.29 is 33.0 Å². The highest BCUT2D eigenvalue weighted by molar-refractivity contribution is 5.95. The molecule has 0 fully saturated rings. The Hall–Kier alpha value is -4.08. The molecule has 0 spiro atoms. The van der Waals surface area contributed by atoms with Crippen LogP contribution in [0, 0.1) is 5.82 Å². The van der Waals surface area contributed by atoms with Gasteiger partial charge in [-0.2, -0.15) is 0 Å². The van der Waals surface area contributed by atoms with Gasteiger partial charge in [0.05, 0.1) is 24.8 Å². The van der Waals surface area contributed by atoms with Crippen molar-refractivity contribution in [3.05, 3.63) is 65.1 Å². The number of allylic oxidation sites excluding steroid dienone is 1. The van der Waals surface area contributed by atoms with Crippen LogP contribution in [0.1, 0.15) is 32.4 Å². The third-order valence-corrected chi connectivity index (χ3v) is 4.85. The Morgan fingerprint density at radius 2 is 1.76 bits per heavy atom. The lowest BCUT2D eigenvalue weighted by molar-refractivity contribution is -0.139. The van der Waals surface area contributed by atoms with Gasteiger partial charge in [0, 0.05) is 11.4 Å². The number of anilines is 1. The van der Waals surface area contributed by atoms with Gasteiger partial charge in [0.15, 0.2) is 18.1 Å². The summed E-state index contributed by atoms with van der Waals surface area (Å²) in [4.78, 5) is 36.8. The van der Waals surface area contributed by atoms with Crippen molar-refractivity contribution in [1.82, 2.24) is 10.6 Å². The molecule has 0 aliphatic carbocycles. The number of esters is 1. The third-order valence-electron chi connectivity index (χ3n) is 4.85. The van der Waals surface area contributed by atoms with E-state index in [2.05, 4.69) is 16.0 Å². The number of urea groups is 1.